The molecule has 1 aromatic carbocycles. The molecule has 1 fully saturated rings. The molecule has 1 atom stereocenters. The number of aliphatic carboxylic acids is 1. The van der Waals surface area contributed by atoms with E-state index in [1.54, 1.807) is 0 Å². The van der Waals surface area contributed by atoms with Crippen molar-refractivity contribution in [3.63, 3.8) is 0 Å². The number of nitriles is 1. The van der Waals surface area contributed by atoms with Crippen LogP contribution in [0.15, 0.2) is 24.3 Å². The molecule has 1 unspecified atom stereocenters. The number of nitrogens with zero attached hydrogens (tertiary/aromatic N) is 2. The number of carbonyl (C=O) groups excluding carboxylic acids is 1. The fourth-order valence-electron chi connectivity index (χ4n) is 5.00. The molecular weight excluding hydrogens is 375 g/mol. The third-order valence-electron chi connectivity index (χ3n) is 6.29. The van der Waals surface area contributed by atoms with Crippen LogP contribution in [0.3, 0.4) is 0 Å². The first-order chi connectivity index (χ1) is 13.6. The summed E-state index contributed by atoms with van der Waals surface area (Å²) in [6.07, 6.45) is 3.36. The molecule has 0 radical (unpaired) electrons. The first-order valence-electron chi connectivity index (χ1n) is 9.67. The summed E-state index contributed by atoms with van der Waals surface area (Å²) in [7, 11) is 2.01. The van der Waals surface area contributed by atoms with Gasteiger partial charge in [-0.15, -0.1) is 0 Å². The van der Waals surface area contributed by atoms with Crippen molar-refractivity contribution in [1.29, 1.82) is 5.26 Å². The predicted octanol–water partition coefficient (Wildman–Crippen LogP) is 3.00. The molecule has 2 aliphatic rings. The molecule has 1 aromatic rings. The Balaban J connectivity index is 2.20. The van der Waals surface area contributed by atoms with Gasteiger partial charge in [0.05, 0.1) is 11.6 Å². The molecule has 0 amide bonds. The molecule has 1 N–H and O–H groups in total. The van der Waals surface area contributed by atoms with Crippen molar-refractivity contribution in [2.75, 3.05) is 20.1 Å². The number of likely N-dealkylation sites (tertiary alicyclic amines) is 1. The lowest BCUT2D eigenvalue weighted by Gasteiger charge is -2.49. The molecule has 154 valence electrons. The Hall–Kier alpha value is -2.72. The van der Waals surface area contributed by atoms with Crippen LogP contribution >= 0.6 is 0 Å². The number of fused-ring (bicyclic) bond motifs is 1. The van der Waals surface area contributed by atoms with Gasteiger partial charge < -0.3 is 14.7 Å². The summed E-state index contributed by atoms with van der Waals surface area (Å²) in [5.41, 5.74) is -0.742. The molecule has 3 rings (SSSR count). The van der Waals surface area contributed by atoms with E-state index in [0.29, 0.717) is 23.1 Å². The largest absolute Gasteiger partial charge is 0.478 e. The van der Waals surface area contributed by atoms with Crippen LogP contribution in [0.1, 0.15) is 43.4 Å². The highest BCUT2D eigenvalue weighted by Crippen LogP contribution is 2.59. The van der Waals surface area contributed by atoms with Gasteiger partial charge in [0, 0.05) is 29.0 Å². The number of carbonyl (C=O) groups is 2. The van der Waals surface area contributed by atoms with E-state index in [-0.39, 0.29) is 5.92 Å². The van der Waals surface area contributed by atoms with Crippen molar-refractivity contribution in [2.45, 2.75) is 38.7 Å². The zero-order chi connectivity index (χ0) is 21.4. The summed E-state index contributed by atoms with van der Waals surface area (Å²) in [4.78, 5) is 25.7. The van der Waals surface area contributed by atoms with Crippen LogP contribution in [0.2, 0.25) is 0 Å². The summed E-state index contributed by atoms with van der Waals surface area (Å²) >= 11 is 0. The number of benzene rings is 1. The Kier molecular flexibility index (Phi) is 5.50. The fraction of sp³-hybridized carbons (Fsp3) is 0.500. The topological polar surface area (TPSA) is 90.6 Å². The lowest BCUT2D eigenvalue weighted by molar-refractivity contribution is -0.186. The van der Waals surface area contributed by atoms with Gasteiger partial charge in [0.25, 0.3) is 0 Å². The Labute approximate surface area is 169 Å². The number of carboxylic acids is 1. The number of hydrogen-bond acceptors (Lipinski definition) is 5. The normalized spacial score (nSPS) is 24.2. The SMILES string of the molecule is CN1CCC(C2(OC(=O)C=CC(=O)O)c3c(C#N)ccc(F)c3CC2(C)C)CC1. The molecule has 1 aliphatic carbocycles. The van der Waals surface area contributed by atoms with Crippen molar-refractivity contribution in [1.82, 2.24) is 4.90 Å². The second-order valence-corrected chi connectivity index (χ2v) is 8.53. The van der Waals surface area contributed by atoms with Crippen molar-refractivity contribution in [3.8, 4) is 6.07 Å². The summed E-state index contributed by atoms with van der Waals surface area (Å²) in [5, 5.41) is 18.6. The van der Waals surface area contributed by atoms with E-state index in [2.05, 4.69) is 11.0 Å². The van der Waals surface area contributed by atoms with E-state index in [1.807, 2.05) is 20.9 Å². The fourth-order valence-corrected chi connectivity index (χ4v) is 5.00. The predicted molar refractivity (Wildman–Crippen MR) is 103 cm³/mol. The highest BCUT2D eigenvalue weighted by atomic mass is 19.1. The summed E-state index contributed by atoms with van der Waals surface area (Å²) in [5.74, 6) is -2.60. The molecule has 0 aromatic heterocycles. The van der Waals surface area contributed by atoms with Gasteiger partial charge >= 0.3 is 11.9 Å². The lowest BCUT2D eigenvalue weighted by Crippen LogP contribution is -2.52. The van der Waals surface area contributed by atoms with Crippen molar-refractivity contribution in [2.24, 2.45) is 11.3 Å². The lowest BCUT2D eigenvalue weighted by atomic mass is 9.64. The van der Waals surface area contributed by atoms with E-state index in [1.165, 1.54) is 12.1 Å². The number of rotatable bonds is 4. The molecule has 29 heavy (non-hydrogen) atoms. The smallest absolute Gasteiger partial charge is 0.331 e. The molecule has 1 saturated heterocycles. The molecule has 1 aliphatic heterocycles. The minimum absolute atomic E-state index is 0.119. The van der Waals surface area contributed by atoms with Gasteiger partial charge in [-0.2, -0.15) is 5.26 Å². The van der Waals surface area contributed by atoms with Gasteiger partial charge in [0.15, 0.2) is 0 Å². The number of piperidine rings is 1. The van der Waals surface area contributed by atoms with Gasteiger partial charge in [-0.1, -0.05) is 13.8 Å². The van der Waals surface area contributed by atoms with Gasteiger partial charge in [0.1, 0.15) is 11.4 Å². The zero-order valence-electron chi connectivity index (χ0n) is 16.9. The summed E-state index contributed by atoms with van der Waals surface area (Å²) in [6, 6.07) is 4.85. The van der Waals surface area contributed by atoms with Crippen LogP contribution in [-0.2, 0) is 26.3 Å². The Bertz CT molecular complexity index is 910. The van der Waals surface area contributed by atoms with Crippen LogP contribution in [-0.4, -0.2) is 42.1 Å². The third-order valence-corrected chi connectivity index (χ3v) is 6.29. The first kappa shape index (κ1) is 21.0. The summed E-state index contributed by atoms with van der Waals surface area (Å²) in [6.45, 7) is 5.41. The molecule has 1 heterocycles. The number of carboxylic acid groups (broad SMARTS) is 1. The molecule has 0 spiro atoms. The number of hydrogen-bond donors (Lipinski definition) is 1. The zero-order valence-corrected chi connectivity index (χ0v) is 16.9. The van der Waals surface area contributed by atoms with Gasteiger partial charge in [-0.05, 0) is 57.1 Å². The Morgan fingerprint density at radius 3 is 2.55 bits per heavy atom. The van der Waals surface area contributed by atoms with Crippen LogP contribution in [0.4, 0.5) is 4.39 Å². The molecule has 7 heteroatoms. The quantitative estimate of drug-likeness (QED) is 0.617. The number of halogens is 1. The molecule has 6 nitrogen and oxygen atoms in total. The minimum atomic E-state index is -1.26. The van der Waals surface area contributed by atoms with E-state index in [9.17, 15) is 19.2 Å². The van der Waals surface area contributed by atoms with Crippen molar-refractivity contribution >= 4 is 11.9 Å². The maximum Gasteiger partial charge on any atom is 0.331 e. The maximum atomic E-state index is 14.8. The van der Waals surface area contributed by atoms with E-state index < -0.39 is 28.8 Å². The second-order valence-electron chi connectivity index (χ2n) is 8.53. The van der Waals surface area contributed by atoms with Crippen LogP contribution in [0, 0.1) is 28.5 Å². The highest BCUT2D eigenvalue weighted by Gasteiger charge is 2.61. The van der Waals surface area contributed by atoms with Gasteiger partial charge in [0.2, 0.25) is 0 Å². The van der Waals surface area contributed by atoms with Gasteiger partial charge in [-0.25, -0.2) is 14.0 Å². The van der Waals surface area contributed by atoms with E-state index in [0.717, 1.165) is 38.1 Å². The summed E-state index contributed by atoms with van der Waals surface area (Å²) < 4.78 is 20.8. The number of ether oxygens (including phenoxy) is 1. The average Bonchev–Trinajstić information content (AvgIpc) is 2.90. The maximum absolute atomic E-state index is 14.8. The molecule has 0 bridgehead atoms. The molecule has 0 saturated carbocycles. The first-order valence-corrected chi connectivity index (χ1v) is 9.67. The Morgan fingerprint density at radius 2 is 1.97 bits per heavy atom. The van der Waals surface area contributed by atoms with Gasteiger partial charge in [-0.3, -0.25) is 0 Å². The average molecular weight is 400 g/mol. The number of esters is 1. The van der Waals surface area contributed by atoms with Crippen LogP contribution in [0.5, 0.6) is 0 Å². The van der Waals surface area contributed by atoms with E-state index >= 15 is 0 Å². The monoisotopic (exact) mass is 400 g/mol. The van der Waals surface area contributed by atoms with Crippen LogP contribution in [0.25, 0.3) is 0 Å². The highest BCUT2D eigenvalue weighted by molar-refractivity contribution is 5.91. The standard InChI is InChI=1S/C22H25FN2O4/c1-21(2)12-16-17(23)5-4-14(13-24)20(16)22(21,15-8-10-25(3)11-9-15)29-19(28)7-6-18(26)27/h4-7,15H,8-12H2,1-3H3,(H,26,27). The minimum Gasteiger partial charge on any atom is -0.478 e. The molecular formula is C22H25FN2O4. The van der Waals surface area contributed by atoms with Crippen LogP contribution < -0.4 is 0 Å². The second kappa shape index (κ2) is 7.60. The third kappa shape index (κ3) is 3.53. The van der Waals surface area contributed by atoms with Crippen molar-refractivity contribution in [3.05, 3.63) is 46.8 Å². The van der Waals surface area contributed by atoms with Crippen molar-refractivity contribution < 1.29 is 23.8 Å². The van der Waals surface area contributed by atoms with E-state index in [4.69, 9.17) is 9.84 Å². The Morgan fingerprint density at radius 1 is 1.31 bits per heavy atom.